The first-order chi connectivity index (χ1) is 15.2. The lowest BCUT2D eigenvalue weighted by atomic mass is 9.89. The lowest BCUT2D eigenvalue weighted by molar-refractivity contribution is 0.233. The van der Waals surface area contributed by atoms with Crippen LogP contribution < -0.4 is 9.47 Å². The van der Waals surface area contributed by atoms with Crippen molar-refractivity contribution in [2.45, 2.75) is 18.8 Å². The third-order valence-corrected chi connectivity index (χ3v) is 5.80. The highest BCUT2D eigenvalue weighted by atomic mass is 16.5. The molecule has 1 aliphatic heterocycles. The third kappa shape index (κ3) is 5.68. The van der Waals surface area contributed by atoms with Gasteiger partial charge in [-0.15, -0.1) is 0 Å². The number of ether oxygens (including phenoxy) is 2. The third-order valence-electron chi connectivity index (χ3n) is 5.80. The molecule has 0 amide bonds. The molecule has 1 saturated heterocycles. The standard InChI is InChI=1S/C27H29NO3/c1-30-27-20-21(9-14-26(27)29)6-5-17-28-18-15-23(16-19-28)22-10-12-25(13-11-22)31-24-7-3-2-4-8-24/h2-14,20,23,29H,15-19H2,1H3. The average molecular weight is 416 g/mol. The number of hydrogen-bond donors (Lipinski definition) is 1. The van der Waals surface area contributed by atoms with Crippen molar-refractivity contribution in [1.29, 1.82) is 0 Å². The molecule has 1 aliphatic rings. The number of hydrogen-bond acceptors (Lipinski definition) is 4. The molecule has 0 bridgehead atoms. The Labute approximate surface area is 184 Å². The summed E-state index contributed by atoms with van der Waals surface area (Å²) in [7, 11) is 1.57. The van der Waals surface area contributed by atoms with Crippen molar-refractivity contribution in [2.24, 2.45) is 0 Å². The van der Waals surface area contributed by atoms with Crippen LogP contribution in [0.5, 0.6) is 23.0 Å². The number of aromatic hydroxyl groups is 1. The topological polar surface area (TPSA) is 41.9 Å². The van der Waals surface area contributed by atoms with Crippen LogP contribution in [0, 0.1) is 0 Å². The lowest BCUT2D eigenvalue weighted by Crippen LogP contribution is -2.33. The zero-order valence-corrected chi connectivity index (χ0v) is 17.9. The molecule has 4 rings (SSSR count). The van der Waals surface area contributed by atoms with Crippen molar-refractivity contribution < 1.29 is 14.6 Å². The predicted molar refractivity (Wildman–Crippen MR) is 125 cm³/mol. The maximum absolute atomic E-state index is 9.70. The van der Waals surface area contributed by atoms with Crippen LogP contribution in [-0.4, -0.2) is 36.8 Å². The van der Waals surface area contributed by atoms with Crippen LogP contribution in [0.15, 0.2) is 78.9 Å². The second-order valence-electron chi connectivity index (χ2n) is 7.89. The summed E-state index contributed by atoms with van der Waals surface area (Å²) in [4.78, 5) is 2.48. The highest BCUT2D eigenvalue weighted by molar-refractivity contribution is 5.55. The van der Waals surface area contributed by atoms with Gasteiger partial charge in [-0.25, -0.2) is 0 Å². The molecule has 0 aliphatic carbocycles. The number of phenols is 1. The van der Waals surface area contributed by atoms with Gasteiger partial charge in [-0.3, -0.25) is 4.90 Å². The zero-order chi connectivity index (χ0) is 21.5. The summed E-state index contributed by atoms with van der Waals surface area (Å²) in [6.45, 7) is 3.12. The number of methoxy groups -OCH3 is 1. The van der Waals surface area contributed by atoms with E-state index in [0.717, 1.165) is 36.7 Å². The van der Waals surface area contributed by atoms with Crippen LogP contribution in [0.1, 0.15) is 29.9 Å². The molecule has 3 aromatic rings. The Kier molecular flexibility index (Phi) is 6.90. The molecule has 1 fully saturated rings. The second kappa shape index (κ2) is 10.2. The molecule has 160 valence electrons. The van der Waals surface area contributed by atoms with Gasteiger partial charge in [-0.2, -0.15) is 0 Å². The molecule has 1 heterocycles. The monoisotopic (exact) mass is 415 g/mol. The number of nitrogens with zero attached hydrogens (tertiary/aromatic N) is 1. The first-order valence-electron chi connectivity index (χ1n) is 10.8. The summed E-state index contributed by atoms with van der Waals surface area (Å²) in [5, 5.41) is 9.70. The summed E-state index contributed by atoms with van der Waals surface area (Å²) >= 11 is 0. The maximum Gasteiger partial charge on any atom is 0.161 e. The summed E-state index contributed by atoms with van der Waals surface area (Å²) in [6, 6.07) is 23.9. The fourth-order valence-corrected chi connectivity index (χ4v) is 4.02. The second-order valence-corrected chi connectivity index (χ2v) is 7.89. The molecule has 0 atom stereocenters. The Morgan fingerprint density at radius 1 is 0.935 bits per heavy atom. The number of phenolic OH excluding ortho intramolecular Hbond substituents is 1. The van der Waals surface area contributed by atoms with E-state index in [1.54, 1.807) is 13.2 Å². The SMILES string of the molecule is COc1cc(C=CCN2CCC(c3ccc(Oc4ccccc4)cc3)CC2)ccc1O. The van der Waals surface area contributed by atoms with Gasteiger partial charge in [0, 0.05) is 6.54 Å². The summed E-state index contributed by atoms with van der Waals surface area (Å²) in [6.07, 6.45) is 6.60. The number of likely N-dealkylation sites (tertiary alicyclic amines) is 1. The van der Waals surface area contributed by atoms with Crippen molar-refractivity contribution in [2.75, 3.05) is 26.7 Å². The molecule has 0 aromatic heterocycles. The Balaban J connectivity index is 1.26. The smallest absolute Gasteiger partial charge is 0.161 e. The van der Waals surface area contributed by atoms with Gasteiger partial charge in [0.2, 0.25) is 0 Å². The number of piperidine rings is 1. The molecular formula is C27H29NO3. The summed E-state index contributed by atoms with van der Waals surface area (Å²) < 4.78 is 11.1. The molecule has 0 unspecified atom stereocenters. The summed E-state index contributed by atoms with van der Waals surface area (Å²) in [5.74, 6) is 3.02. The molecule has 0 saturated carbocycles. The first-order valence-corrected chi connectivity index (χ1v) is 10.8. The Bertz CT molecular complexity index is 991. The van der Waals surface area contributed by atoms with Crippen molar-refractivity contribution in [3.63, 3.8) is 0 Å². The first kappa shape index (κ1) is 21.0. The van der Waals surface area contributed by atoms with Gasteiger partial charge in [0.15, 0.2) is 11.5 Å². The highest BCUT2D eigenvalue weighted by Gasteiger charge is 2.19. The Hall–Kier alpha value is -3.24. The minimum absolute atomic E-state index is 0.168. The normalized spacial score (nSPS) is 15.3. The predicted octanol–water partition coefficient (Wildman–Crippen LogP) is 6.09. The van der Waals surface area contributed by atoms with Gasteiger partial charge < -0.3 is 14.6 Å². The quantitative estimate of drug-likeness (QED) is 0.507. The van der Waals surface area contributed by atoms with E-state index >= 15 is 0 Å². The van der Waals surface area contributed by atoms with E-state index in [4.69, 9.17) is 9.47 Å². The fourth-order valence-electron chi connectivity index (χ4n) is 4.02. The zero-order valence-electron chi connectivity index (χ0n) is 17.9. The maximum atomic E-state index is 9.70. The molecule has 1 N–H and O–H groups in total. The van der Waals surface area contributed by atoms with Crippen LogP contribution in [0.25, 0.3) is 6.08 Å². The largest absolute Gasteiger partial charge is 0.504 e. The summed E-state index contributed by atoms with van der Waals surface area (Å²) in [5.41, 5.74) is 2.43. The molecule has 31 heavy (non-hydrogen) atoms. The van der Waals surface area contributed by atoms with Crippen molar-refractivity contribution >= 4 is 6.08 Å². The van der Waals surface area contributed by atoms with Crippen molar-refractivity contribution in [1.82, 2.24) is 4.90 Å². The van der Waals surface area contributed by atoms with Gasteiger partial charge in [-0.05, 0) is 79.4 Å². The van der Waals surface area contributed by atoms with Crippen LogP contribution in [0.3, 0.4) is 0 Å². The van der Waals surface area contributed by atoms with E-state index in [1.165, 1.54) is 18.4 Å². The molecule has 4 nitrogen and oxygen atoms in total. The lowest BCUT2D eigenvalue weighted by Gasteiger charge is -2.31. The molecule has 0 radical (unpaired) electrons. The number of rotatable bonds is 7. The molecular weight excluding hydrogens is 386 g/mol. The average Bonchev–Trinajstić information content (AvgIpc) is 2.82. The van der Waals surface area contributed by atoms with Gasteiger partial charge in [-0.1, -0.05) is 48.6 Å². The van der Waals surface area contributed by atoms with E-state index in [0.29, 0.717) is 11.7 Å². The van der Waals surface area contributed by atoms with Crippen molar-refractivity contribution in [3.05, 3.63) is 90.0 Å². The highest BCUT2D eigenvalue weighted by Crippen LogP contribution is 2.30. The van der Waals surface area contributed by atoms with E-state index in [1.807, 2.05) is 42.5 Å². The van der Waals surface area contributed by atoms with E-state index in [-0.39, 0.29) is 5.75 Å². The number of benzene rings is 3. The fraction of sp³-hybridized carbons (Fsp3) is 0.259. The van der Waals surface area contributed by atoms with Crippen LogP contribution in [0.2, 0.25) is 0 Å². The Morgan fingerprint density at radius 3 is 2.35 bits per heavy atom. The van der Waals surface area contributed by atoms with Gasteiger partial charge in [0.1, 0.15) is 11.5 Å². The van der Waals surface area contributed by atoms with Crippen LogP contribution in [0.4, 0.5) is 0 Å². The van der Waals surface area contributed by atoms with E-state index < -0.39 is 0 Å². The van der Waals surface area contributed by atoms with Crippen LogP contribution in [-0.2, 0) is 0 Å². The molecule has 3 aromatic carbocycles. The van der Waals surface area contributed by atoms with Gasteiger partial charge >= 0.3 is 0 Å². The van der Waals surface area contributed by atoms with E-state index in [9.17, 15) is 5.11 Å². The number of para-hydroxylation sites is 1. The molecule has 4 heteroatoms. The van der Waals surface area contributed by atoms with Gasteiger partial charge in [0.25, 0.3) is 0 Å². The van der Waals surface area contributed by atoms with Crippen molar-refractivity contribution in [3.8, 4) is 23.0 Å². The Morgan fingerprint density at radius 2 is 1.65 bits per heavy atom. The van der Waals surface area contributed by atoms with E-state index in [2.05, 4.69) is 41.3 Å². The van der Waals surface area contributed by atoms with Gasteiger partial charge in [0.05, 0.1) is 7.11 Å². The molecule has 0 spiro atoms. The van der Waals surface area contributed by atoms with Crippen LogP contribution >= 0.6 is 0 Å². The minimum Gasteiger partial charge on any atom is -0.504 e. The minimum atomic E-state index is 0.168.